The summed E-state index contributed by atoms with van der Waals surface area (Å²) in [6.45, 7) is -0.137. The predicted octanol–water partition coefficient (Wildman–Crippen LogP) is 1.58. The molecule has 0 radical (unpaired) electrons. The lowest BCUT2D eigenvalue weighted by Crippen LogP contribution is -2.35. The van der Waals surface area contributed by atoms with Crippen LogP contribution in [0.1, 0.15) is 10.4 Å². The summed E-state index contributed by atoms with van der Waals surface area (Å²) in [5.41, 5.74) is 0.319. The number of nitrogens with zero attached hydrogens (tertiary/aromatic N) is 1. The summed E-state index contributed by atoms with van der Waals surface area (Å²) in [7, 11) is 0. The average Bonchev–Trinajstić information content (AvgIpc) is 2.82. The Kier molecular flexibility index (Phi) is 4.16. The maximum absolute atomic E-state index is 11.7. The molecule has 0 atom stereocenters. The quantitative estimate of drug-likeness (QED) is 0.788. The van der Waals surface area contributed by atoms with E-state index in [1.165, 1.54) is 0 Å². The molecule has 1 heterocycles. The van der Waals surface area contributed by atoms with Crippen LogP contribution < -0.4 is 0 Å². The van der Waals surface area contributed by atoms with Crippen LogP contribution in [0.25, 0.3) is 0 Å². The monoisotopic (exact) mass is 327 g/mol. The first-order valence-electron chi connectivity index (χ1n) is 5.48. The van der Waals surface area contributed by atoms with Crippen molar-refractivity contribution in [2.24, 2.45) is 0 Å². The van der Waals surface area contributed by atoms with Crippen LogP contribution in [0.5, 0.6) is 0 Å². The van der Waals surface area contributed by atoms with Crippen molar-refractivity contribution < 1.29 is 23.9 Å². The number of carbonyl (C=O) groups is 3. The molecule has 100 valence electrons. The molecule has 6 nitrogen and oxygen atoms in total. The lowest BCUT2D eigenvalue weighted by atomic mass is 10.2. The van der Waals surface area contributed by atoms with Crippen LogP contribution in [0.2, 0.25) is 0 Å². The average molecular weight is 328 g/mol. The number of rotatable bonds is 3. The van der Waals surface area contributed by atoms with Gasteiger partial charge in [-0.25, -0.2) is 14.5 Å². The fourth-order valence-corrected chi connectivity index (χ4v) is 1.98. The van der Waals surface area contributed by atoms with Crippen molar-refractivity contribution in [3.05, 3.63) is 34.3 Å². The first-order chi connectivity index (χ1) is 9.09. The third-order valence-corrected chi connectivity index (χ3v) is 3.17. The summed E-state index contributed by atoms with van der Waals surface area (Å²) in [5.74, 6) is -1.23. The normalized spacial score (nSPS) is 14.2. The summed E-state index contributed by atoms with van der Waals surface area (Å²) >= 11 is 3.21. The van der Waals surface area contributed by atoms with Crippen molar-refractivity contribution in [1.82, 2.24) is 4.90 Å². The van der Waals surface area contributed by atoms with E-state index in [-0.39, 0.29) is 13.2 Å². The Morgan fingerprint density at radius 1 is 1.37 bits per heavy atom. The molecular weight excluding hydrogens is 318 g/mol. The van der Waals surface area contributed by atoms with Crippen LogP contribution in [0.4, 0.5) is 4.79 Å². The number of halogens is 1. The Bertz CT molecular complexity index is 531. The Hall–Kier alpha value is -1.89. The topological polar surface area (TPSA) is 72.9 Å². The van der Waals surface area contributed by atoms with Crippen molar-refractivity contribution in [2.45, 2.75) is 0 Å². The third kappa shape index (κ3) is 3.11. The van der Waals surface area contributed by atoms with E-state index in [1.807, 2.05) is 0 Å². The fourth-order valence-electron chi connectivity index (χ4n) is 1.53. The van der Waals surface area contributed by atoms with Gasteiger partial charge in [0.1, 0.15) is 6.61 Å². The van der Waals surface area contributed by atoms with E-state index in [0.717, 1.165) is 4.90 Å². The van der Waals surface area contributed by atoms with Crippen molar-refractivity contribution >= 4 is 33.9 Å². The number of cyclic esters (lactones) is 1. The lowest BCUT2D eigenvalue weighted by molar-refractivity contribution is -0.131. The van der Waals surface area contributed by atoms with Gasteiger partial charge in [-0.3, -0.25) is 4.79 Å². The standard InChI is InChI=1S/C12H10BrNO5/c13-9-4-2-1-3-8(9)11(16)19-7-10(15)14-5-6-18-12(14)17/h1-4H,5-7H2. The van der Waals surface area contributed by atoms with E-state index in [0.29, 0.717) is 10.0 Å². The van der Waals surface area contributed by atoms with Crippen LogP contribution in [-0.4, -0.2) is 42.6 Å². The highest BCUT2D eigenvalue weighted by Crippen LogP contribution is 2.16. The van der Waals surface area contributed by atoms with E-state index in [9.17, 15) is 14.4 Å². The Balaban J connectivity index is 1.92. The van der Waals surface area contributed by atoms with Gasteiger partial charge in [0.2, 0.25) is 0 Å². The number of esters is 1. The van der Waals surface area contributed by atoms with Crippen molar-refractivity contribution in [1.29, 1.82) is 0 Å². The molecule has 1 aromatic rings. The molecule has 0 N–H and O–H groups in total. The number of ether oxygens (including phenoxy) is 2. The van der Waals surface area contributed by atoms with Gasteiger partial charge in [-0.15, -0.1) is 0 Å². The van der Waals surface area contributed by atoms with Gasteiger partial charge in [0.05, 0.1) is 12.1 Å². The molecule has 1 aliphatic rings. The predicted molar refractivity (Wildman–Crippen MR) is 67.5 cm³/mol. The highest BCUT2D eigenvalue weighted by Gasteiger charge is 2.29. The number of hydrogen-bond donors (Lipinski definition) is 0. The summed E-state index contributed by atoms with van der Waals surface area (Å²) in [6, 6.07) is 6.70. The highest BCUT2D eigenvalue weighted by atomic mass is 79.9. The first-order valence-corrected chi connectivity index (χ1v) is 6.27. The molecule has 0 spiro atoms. The van der Waals surface area contributed by atoms with Gasteiger partial charge in [0.25, 0.3) is 5.91 Å². The molecule has 1 aliphatic heterocycles. The van der Waals surface area contributed by atoms with Crippen LogP contribution in [-0.2, 0) is 14.3 Å². The molecule has 1 fully saturated rings. The molecule has 1 aromatic carbocycles. The van der Waals surface area contributed by atoms with Crippen LogP contribution in [0, 0.1) is 0 Å². The molecule has 0 bridgehead atoms. The van der Waals surface area contributed by atoms with Gasteiger partial charge in [0.15, 0.2) is 6.61 Å². The molecule has 0 unspecified atom stereocenters. The smallest absolute Gasteiger partial charge is 0.416 e. The molecule has 2 rings (SSSR count). The Labute approximate surface area is 117 Å². The van der Waals surface area contributed by atoms with Gasteiger partial charge in [-0.2, -0.15) is 0 Å². The van der Waals surface area contributed by atoms with E-state index in [2.05, 4.69) is 20.7 Å². The molecule has 7 heteroatoms. The van der Waals surface area contributed by atoms with E-state index >= 15 is 0 Å². The first kappa shape index (κ1) is 13.5. The molecule has 2 amide bonds. The second-order valence-electron chi connectivity index (χ2n) is 3.72. The molecule has 19 heavy (non-hydrogen) atoms. The molecule has 1 saturated heterocycles. The van der Waals surface area contributed by atoms with Crippen molar-refractivity contribution in [2.75, 3.05) is 19.8 Å². The Morgan fingerprint density at radius 3 is 2.74 bits per heavy atom. The second kappa shape index (κ2) is 5.83. The minimum atomic E-state index is -0.707. The van der Waals surface area contributed by atoms with Gasteiger partial charge >= 0.3 is 12.1 Å². The van der Waals surface area contributed by atoms with Gasteiger partial charge in [-0.1, -0.05) is 12.1 Å². The molecule has 0 saturated carbocycles. The largest absolute Gasteiger partial charge is 0.452 e. The van der Waals surface area contributed by atoms with Gasteiger partial charge < -0.3 is 9.47 Å². The third-order valence-electron chi connectivity index (χ3n) is 2.48. The molecule has 0 aromatic heterocycles. The summed E-state index contributed by atoms with van der Waals surface area (Å²) in [6.07, 6.45) is -0.707. The Morgan fingerprint density at radius 2 is 2.11 bits per heavy atom. The maximum Gasteiger partial charge on any atom is 0.416 e. The summed E-state index contributed by atoms with van der Waals surface area (Å²) in [4.78, 5) is 35.4. The second-order valence-corrected chi connectivity index (χ2v) is 4.57. The van der Waals surface area contributed by atoms with Gasteiger partial charge in [-0.05, 0) is 28.1 Å². The zero-order valence-electron chi connectivity index (χ0n) is 9.80. The van der Waals surface area contributed by atoms with Crippen molar-refractivity contribution in [3.8, 4) is 0 Å². The SMILES string of the molecule is O=C(OCC(=O)N1CCOC1=O)c1ccccc1Br. The minimum absolute atomic E-state index is 0.169. The van der Waals surface area contributed by atoms with Crippen LogP contribution >= 0.6 is 15.9 Å². The molecular formula is C12H10BrNO5. The number of amides is 2. The lowest BCUT2D eigenvalue weighted by Gasteiger charge is -2.11. The van der Waals surface area contributed by atoms with E-state index < -0.39 is 24.6 Å². The number of benzene rings is 1. The fraction of sp³-hybridized carbons (Fsp3) is 0.250. The van der Waals surface area contributed by atoms with Gasteiger partial charge in [0, 0.05) is 4.47 Å². The molecule has 0 aliphatic carbocycles. The zero-order valence-corrected chi connectivity index (χ0v) is 11.4. The highest BCUT2D eigenvalue weighted by molar-refractivity contribution is 9.10. The summed E-state index contributed by atoms with van der Waals surface area (Å²) < 4.78 is 10.1. The van der Waals surface area contributed by atoms with E-state index in [1.54, 1.807) is 24.3 Å². The number of imide groups is 1. The van der Waals surface area contributed by atoms with Crippen molar-refractivity contribution in [3.63, 3.8) is 0 Å². The maximum atomic E-state index is 11.7. The number of hydrogen-bond acceptors (Lipinski definition) is 5. The van der Waals surface area contributed by atoms with Crippen LogP contribution in [0.15, 0.2) is 28.7 Å². The zero-order chi connectivity index (χ0) is 13.8. The van der Waals surface area contributed by atoms with Crippen LogP contribution in [0.3, 0.4) is 0 Å². The summed E-state index contributed by atoms with van der Waals surface area (Å²) in [5, 5.41) is 0. The van der Waals surface area contributed by atoms with E-state index in [4.69, 9.17) is 4.74 Å². The number of carbonyl (C=O) groups excluding carboxylic acids is 3. The minimum Gasteiger partial charge on any atom is -0.452 e.